The highest BCUT2D eigenvalue weighted by Gasteiger charge is 1.98. The van der Waals surface area contributed by atoms with Gasteiger partial charge in [0, 0.05) is 0 Å². The summed E-state index contributed by atoms with van der Waals surface area (Å²) in [5.41, 5.74) is 1.14. The van der Waals surface area contributed by atoms with Gasteiger partial charge in [-0.15, -0.1) is 12.4 Å². The molecule has 0 unspecified atom stereocenters. The molecular weight excluding hydrogens is 214 g/mol. The minimum Gasteiger partial charge on any atom is -0.484 e. The van der Waals surface area contributed by atoms with Gasteiger partial charge in [-0.25, -0.2) is 0 Å². The summed E-state index contributed by atoms with van der Waals surface area (Å²) in [6, 6.07) is 7.72. The Morgan fingerprint density at radius 3 is 2.73 bits per heavy atom. The number of hydrogen-bond acceptors (Lipinski definition) is 3. The van der Waals surface area contributed by atoms with Gasteiger partial charge in [-0.05, 0) is 31.5 Å². The van der Waals surface area contributed by atoms with Crippen molar-refractivity contribution < 1.29 is 9.47 Å². The van der Waals surface area contributed by atoms with Crippen LogP contribution in [0.2, 0.25) is 0 Å². The Labute approximate surface area is 96.3 Å². The molecule has 0 aliphatic carbocycles. The topological polar surface area (TPSA) is 42.3 Å². The minimum atomic E-state index is 0. The largest absolute Gasteiger partial charge is 0.484 e. The first-order valence-corrected chi connectivity index (χ1v) is 4.62. The third-order valence-electron chi connectivity index (χ3n) is 1.68. The molecule has 0 aromatic heterocycles. The second-order valence-electron chi connectivity index (χ2n) is 2.96. The molecule has 1 aromatic rings. The van der Waals surface area contributed by atoms with Gasteiger partial charge in [0.15, 0.2) is 6.61 Å². The van der Waals surface area contributed by atoms with E-state index in [4.69, 9.17) is 14.9 Å². The summed E-state index contributed by atoms with van der Waals surface area (Å²) in [7, 11) is 0. The second kappa shape index (κ2) is 7.12. The third-order valence-corrected chi connectivity index (χ3v) is 1.68. The van der Waals surface area contributed by atoms with Crippen LogP contribution in [0.4, 0.5) is 0 Å². The van der Waals surface area contributed by atoms with Gasteiger partial charge in [-0.2, -0.15) is 0 Å². The third kappa shape index (κ3) is 5.27. The van der Waals surface area contributed by atoms with Gasteiger partial charge in [-0.3, -0.25) is 5.41 Å². The van der Waals surface area contributed by atoms with Gasteiger partial charge in [0.05, 0.1) is 6.61 Å². The molecule has 0 spiro atoms. The van der Waals surface area contributed by atoms with Crippen molar-refractivity contribution in [3.05, 3.63) is 29.8 Å². The van der Waals surface area contributed by atoms with E-state index in [1.54, 1.807) is 0 Å². The van der Waals surface area contributed by atoms with Gasteiger partial charge >= 0.3 is 0 Å². The van der Waals surface area contributed by atoms with Gasteiger partial charge in [0.2, 0.25) is 5.90 Å². The van der Waals surface area contributed by atoms with Crippen molar-refractivity contribution >= 4 is 18.3 Å². The predicted molar refractivity (Wildman–Crippen MR) is 63.3 cm³/mol. The van der Waals surface area contributed by atoms with Crippen LogP contribution in [0.5, 0.6) is 5.75 Å². The van der Waals surface area contributed by atoms with Crippen LogP contribution in [0, 0.1) is 12.3 Å². The number of aryl methyl sites for hydroxylation is 1. The lowest BCUT2D eigenvalue weighted by Crippen LogP contribution is -2.13. The Hall–Kier alpha value is -1.22. The molecule has 0 amide bonds. The first-order valence-electron chi connectivity index (χ1n) is 4.62. The van der Waals surface area contributed by atoms with Crippen LogP contribution >= 0.6 is 12.4 Å². The molecule has 4 heteroatoms. The zero-order valence-corrected chi connectivity index (χ0v) is 9.76. The summed E-state index contributed by atoms with van der Waals surface area (Å²) in [4.78, 5) is 0. The number of ether oxygens (including phenoxy) is 2. The Kier molecular flexibility index (Phi) is 6.54. The van der Waals surface area contributed by atoms with Gasteiger partial charge in [0.1, 0.15) is 5.75 Å². The molecule has 84 valence electrons. The van der Waals surface area contributed by atoms with Crippen LogP contribution in [0.1, 0.15) is 12.5 Å². The number of hydrogen-bond donors (Lipinski definition) is 1. The highest BCUT2D eigenvalue weighted by atomic mass is 35.5. The van der Waals surface area contributed by atoms with Crippen molar-refractivity contribution in [2.45, 2.75) is 13.8 Å². The summed E-state index contributed by atoms with van der Waals surface area (Å²) in [6.07, 6.45) is 0. The maximum Gasteiger partial charge on any atom is 0.219 e. The fourth-order valence-corrected chi connectivity index (χ4v) is 1.07. The zero-order chi connectivity index (χ0) is 10.4. The molecule has 1 rings (SSSR count). The molecule has 1 aromatic carbocycles. The van der Waals surface area contributed by atoms with Crippen molar-refractivity contribution in [2.75, 3.05) is 13.2 Å². The van der Waals surface area contributed by atoms with Crippen LogP contribution in [-0.4, -0.2) is 19.1 Å². The summed E-state index contributed by atoms with van der Waals surface area (Å²) in [5.74, 6) is 0.934. The summed E-state index contributed by atoms with van der Waals surface area (Å²) in [5, 5.41) is 7.34. The minimum absolute atomic E-state index is 0. The molecule has 0 aliphatic rings. The van der Waals surface area contributed by atoms with E-state index in [1.165, 1.54) is 0 Å². The number of benzene rings is 1. The Bertz CT molecular complexity index is 315. The van der Waals surface area contributed by atoms with Gasteiger partial charge in [-0.1, -0.05) is 12.1 Å². The Balaban J connectivity index is 0.00000196. The van der Waals surface area contributed by atoms with Crippen molar-refractivity contribution in [2.24, 2.45) is 0 Å². The quantitative estimate of drug-likeness (QED) is 0.637. The summed E-state index contributed by atoms with van der Waals surface area (Å²) >= 11 is 0. The van der Waals surface area contributed by atoms with Crippen LogP contribution in [-0.2, 0) is 4.74 Å². The second-order valence-corrected chi connectivity index (χ2v) is 2.96. The smallest absolute Gasteiger partial charge is 0.219 e. The van der Waals surface area contributed by atoms with Crippen molar-refractivity contribution in [1.82, 2.24) is 0 Å². The molecule has 0 radical (unpaired) electrons. The highest BCUT2D eigenvalue weighted by molar-refractivity contribution is 5.85. The fraction of sp³-hybridized carbons (Fsp3) is 0.364. The molecule has 1 N–H and O–H groups in total. The predicted octanol–water partition coefficient (Wildman–Crippen LogP) is 2.81. The maximum absolute atomic E-state index is 7.34. The Morgan fingerprint density at radius 2 is 2.13 bits per heavy atom. The van der Waals surface area contributed by atoms with E-state index < -0.39 is 0 Å². The average molecular weight is 230 g/mol. The van der Waals surface area contributed by atoms with E-state index in [0.717, 1.165) is 11.3 Å². The van der Waals surface area contributed by atoms with E-state index >= 15 is 0 Å². The van der Waals surface area contributed by atoms with Crippen LogP contribution in [0.15, 0.2) is 24.3 Å². The first kappa shape index (κ1) is 13.8. The highest BCUT2D eigenvalue weighted by Crippen LogP contribution is 2.11. The Morgan fingerprint density at radius 1 is 1.40 bits per heavy atom. The van der Waals surface area contributed by atoms with Crippen LogP contribution in [0.25, 0.3) is 0 Å². The molecule has 0 saturated carbocycles. The van der Waals surface area contributed by atoms with E-state index in [0.29, 0.717) is 6.61 Å². The monoisotopic (exact) mass is 229 g/mol. The first-order chi connectivity index (χ1) is 6.72. The zero-order valence-electron chi connectivity index (χ0n) is 8.95. The van der Waals surface area contributed by atoms with Crippen molar-refractivity contribution in [1.29, 1.82) is 5.41 Å². The lowest BCUT2D eigenvalue weighted by molar-refractivity contribution is 0.273. The van der Waals surface area contributed by atoms with Gasteiger partial charge in [0.25, 0.3) is 0 Å². The van der Waals surface area contributed by atoms with Crippen molar-refractivity contribution in [3.8, 4) is 5.75 Å². The standard InChI is InChI=1S/C11H15NO2.ClH/c1-3-13-11(12)8-14-10-6-4-5-9(2)7-10;/h4-7,12H,3,8H2,1-2H3;1H. The molecular formula is C11H16ClNO2. The molecule has 15 heavy (non-hydrogen) atoms. The summed E-state index contributed by atoms with van der Waals surface area (Å²) < 4.78 is 10.3. The fourth-order valence-electron chi connectivity index (χ4n) is 1.07. The van der Waals surface area contributed by atoms with Crippen LogP contribution in [0.3, 0.4) is 0 Å². The SMILES string of the molecule is CCOC(=N)COc1cccc(C)c1.Cl. The lowest BCUT2D eigenvalue weighted by atomic mass is 10.2. The molecule has 3 nitrogen and oxygen atoms in total. The molecule has 0 fully saturated rings. The maximum atomic E-state index is 7.34. The lowest BCUT2D eigenvalue weighted by Gasteiger charge is -2.07. The van der Waals surface area contributed by atoms with Crippen molar-refractivity contribution in [3.63, 3.8) is 0 Å². The molecule has 0 bridgehead atoms. The number of halogens is 1. The molecule has 0 aliphatic heterocycles. The van der Waals surface area contributed by atoms with E-state index in [9.17, 15) is 0 Å². The molecule has 0 saturated heterocycles. The van der Waals surface area contributed by atoms with Gasteiger partial charge < -0.3 is 9.47 Å². The number of nitrogens with one attached hydrogen (secondary N) is 1. The molecule has 0 atom stereocenters. The summed E-state index contributed by atoms with van der Waals surface area (Å²) in [6.45, 7) is 4.55. The van der Waals surface area contributed by atoms with E-state index in [2.05, 4.69) is 0 Å². The van der Waals surface area contributed by atoms with E-state index in [-0.39, 0.29) is 24.9 Å². The molecule has 0 heterocycles. The van der Waals surface area contributed by atoms with Crippen LogP contribution < -0.4 is 4.74 Å². The average Bonchev–Trinajstić information content (AvgIpc) is 2.15. The number of rotatable bonds is 4. The normalized spacial score (nSPS) is 8.93. The van der Waals surface area contributed by atoms with E-state index in [1.807, 2.05) is 38.1 Å².